The SMILES string of the molecule is C=CCOC(=O)CNCC(N)N. The van der Waals surface area contributed by atoms with Crippen molar-refractivity contribution in [2.45, 2.75) is 6.17 Å². The number of rotatable bonds is 6. The fraction of sp³-hybridized carbons (Fsp3) is 0.571. The topological polar surface area (TPSA) is 90.4 Å². The summed E-state index contributed by atoms with van der Waals surface area (Å²) in [6, 6.07) is 0. The number of carbonyl (C=O) groups is 1. The summed E-state index contributed by atoms with van der Waals surface area (Å²) in [7, 11) is 0. The molecule has 0 unspecified atom stereocenters. The smallest absolute Gasteiger partial charge is 0.320 e. The van der Waals surface area contributed by atoms with E-state index >= 15 is 0 Å². The molecule has 5 N–H and O–H groups in total. The number of nitrogens with one attached hydrogen (secondary N) is 1. The minimum absolute atomic E-state index is 0.124. The molecule has 0 aromatic heterocycles. The first-order valence-electron chi connectivity index (χ1n) is 3.65. The highest BCUT2D eigenvalue weighted by atomic mass is 16.5. The molecule has 0 radical (unpaired) electrons. The van der Waals surface area contributed by atoms with Crippen LogP contribution in [0.2, 0.25) is 0 Å². The molecular weight excluding hydrogens is 158 g/mol. The third kappa shape index (κ3) is 7.20. The Morgan fingerprint density at radius 2 is 2.33 bits per heavy atom. The molecule has 5 nitrogen and oxygen atoms in total. The fourth-order valence-corrected chi connectivity index (χ4v) is 0.544. The molecule has 0 aromatic rings. The van der Waals surface area contributed by atoms with E-state index in [4.69, 9.17) is 11.5 Å². The van der Waals surface area contributed by atoms with E-state index < -0.39 is 6.17 Å². The molecule has 0 amide bonds. The van der Waals surface area contributed by atoms with Crippen LogP contribution in [-0.2, 0) is 9.53 Å². The number of carbonyl (C=O) groups excluding carboxylic acids is 1. The molecule has 0 atom stereocenters. The van der Waals surface area contributed by atoms with Crippen LogP contribution >= 0.6 is 0 Å². The lowest BCUT2D eigenvalue weighted by Crippen LogP contribution is -2.42. The van der Waals surface area contributed by atoms with Gasteiger partial charge in [0.25, 0.3) is 0 Å². The second-order valence-corrected chi connectivity index (χ2v) is 2.27. The Balaban J connectivity index is 3.25. The van der Waals surface area contributed by atoms with Gasteiger partial charge in [0.1, 0.15) is 6.61 Å². The minimum atomic E-state index is -0.447. The first kappa shape index (κ1) is 11.1. The molecule has 0 aliphatic carbocycles. The quantitative estimate of drug-likeness (QED) is 0.260. The van der Waals surface area contributed by atoms with E-state index in [1.807, 2.05) is 0 Å². The number of nitrogens with two attached hydrogens (primary N) is 2. The van der Waals surface area contributed by atoms with Crippen molar-refractivity contribution in [1.29, 1.82) is 0 Å². The van der Waals surface area contributed by atoms with E-state index in [1.54, 1.807) is 0 Å². The zero-order valence-electron chi connectivity index (χ0n) is 6.95. The summed E-state index contributed by atoms with van der Waals surface area (Å²) < 4.78 is 4.67. The van der Waals surface area contributed by atoms with E-state index in [-0.39, 0.29) is 19.1 Å². The van der Waals surface area contributed by atoms with Crippen LogP contribution in [0.15, 0.2) is 12.7 Å². The molecule has 0 heterocycles. The Kier molecular flexibility index (Phi) is 6.26. The molecule has 0 bridgehead atoms. The van der Waals surface area contributed by atoms with Crippen molar-refractivity contribution in [3.63, 3.8) is 0 Å². The molecule has 70 valence electrons. The lowest BCUT2D eigenvalue weighted by molar-refractivity contribution is -0.141. The van der Waals surface area contributed by atoms with Crippen LogP contribution < -0.4 is 16.8 Å². The van der Waals surface area contributed by atoms with Gasteiger partial charge in [-0.3, -0.25) is 4.79 Å². The van der Waals surface area contributed by atoms with Gasteiger partial charge < -0.3 is 21.5 Å². The number of hydrogen-bond donors (Lipinski definition) is 3. The molecule has 0 rings (SSSR count). The second-order valence-electron chi connectivity index (χ2n) is 2.27. The van der Waals surface area contributed by atoms with Gasteiger partial charge >= 0.3 is 5.97 Å². The normalized spacial score (nSPS) is 9.92. The Morgan fingerprint density at radius 3 is 2.83 bits per heavy atom. The molecule has 12 heavy (non-hydrogen) atoms. The van der Waals surface area contributed by atoms with E-state index in [0.717, 1.165) is 0 Å². The standard InChI is InChI=1S/C7H15N3O2/c1-2-3-12-7(11)5-10-4-6(8)9/h2,6,10H,1,3-5,8-9H2. The van der Waals surface area contributed by atoms with E-state index in [2.05, 4.69) is 16.6 Å². The Bertz CT molecular complexity index is 148. The number of esters is 1. The van der Waals surface area contributed by atoms with E-state index in [9.17, 15) is 4.79 Å². The van der Waals surface area contributed by atoms with Gasteiger partial charge in [-0.15, -0.1) is 0 Å². The second kappa shape index (κ2) is 6.78. The van der Waals surface area contributed by atoms with Crippen LogP contribution in [0.4, 0.5) is 0 Å². The molecule has 5 heteroatoms. The summed E-state index contributed by atoms with van der Waals surface area (Å²) >= 11 is 0. The van der Waals surface area contributed by atoms with Crippen molar-refractivity contribution < 1.29 is 9.53 Å². The molecule has 0 saturated heterocycles. The van der Waals surface area contributed by atoms with Gasteiger partial charge in [-0.25, -0.2) is 0 Å². The Morgan fingerprint density at radius 1 is 1.67 bits per heavy atom. The lowest BCUT2D eigenvalue weighted by atomic mass is 10.5. The summed E-state index contributed by atoms with van der Waals surface area (Å²) in [6.07, 6.45) is 1.06. The Labute approximate surface area is 71.7 Å². The maximum Gasteiger partial charge on any atom is 0.320 e. The zero-order chi connectivity index (χ0) is 9.40. The minimum Gasteiger partial charge on any atom is -0.461 e. The summed E-state index contributed by atoms with van der Waals surface area (Å²) in [4.78, 5) is 10.8. The van der Waals surface area contributed by atoms with Crippen molar-refractivity contribution in [3.05, 3.63) is 12.7 Å². The zero-order valence-corrected chi connectivity index (χ0v) is 6.95. The van der Waals surface area contributed by atoms with E-state index in [1.165, 1.54) is 6.08 Å². The molecule has 0 spiro atoms. The van der Waals surface area contributed by atoms with Crippen molar-refractivity contribution in [2.75, 3.05) is 19.7 Å². The number of ether oxygens (including phenoxy) is 1. The van der Waals surface area contributed by atoms with Gasteiger partial charge in [-0.05, 0) is 0 Å². The highest BCUT2D eigenvalue weighted by molar-refractivity contribution is 5.71. The van der Waals surface area contributed by atoms with Crippen molar-refractivity contribution >= 4 is 5.97 Å². The average molecular weight is 173 g/mol. The summed E-state index contributed by atoms with van der Waals surface area (Å²) in [5.41, 5.74) is 10.5. The van der Waals surface area contributed by atoms with Crippen molar-refractivity contribution in [1.82, 2.24) is 5.32 Å². The summed E-state index contributed by atoms with van der Waals surface area (Å²) in [5, 5.41) is 2.73. The van der Waals surface area contributed by atoms with Gasteiger partial charge in [-0.2, -0.15) is 0 Å². The predicted octanol–water partition coefficient (Wildman–Crippen LogP) is -1.45. The van der Waals surface area contributed by atoms with Crippen LogP contribution in [0.1, 0.15) is 0 Å². The van der Waals surface area contributed by atoms with Crippen LogP contribution in [-0.4, -0.2) is 31.8 Å². The number of hydrogen-bond acceptors (Lipinski definition) is 5. The first-order valence-corrected chi connectivity index (χ1v) is 3.65. The highest BCUT2D eigenvalue weighted by Crippen LogP contribution is 1.76. The van der Waals surface area contributed by atoms with Crippen LogP contribution in [0.25, 0.3) is 0 Å². The fourth-order valence-electron chi connectivity index (χ4n) is 0.544. The van der Waals surface area contributed by atoms with Gasteiger partial charge in [0.05, 0.1) is 12.7 Å². The first-order chi connectivity index (χ1) is 5.66. The van der Waals surface area contributed by atoms with Crippen molar-refractivity contribution in [3.8, 4) is 0 Å². The lowest BCUT2D eigenvalue weighted by Gasteiger charge is -2.06. The molecule has 0 aliphatic heterocycles. The average Bonchev–Trinajstić information content (AvgIpc) is 2.00. The van der Waals surface area contributed by atoms with E-state index in [0.29, 0.717) is 6.54 Å². The van der Waals surface area contributed by atoms with Crippen LogP contribution in [0.3, 0.4) is 0 Å². The molecule has 0 fully saturated rings. The molecule has 0 aromatic carbocycles. The third-order valence-corrected chi connectivity index (χ3v) is 1.01. The van der Waals surface area contributed by atoms with Gasteiger partial charge in [0, 0.05) is 6.54 Å². The van der Waals surface area contributed by atoms with Gasteiger partial charge in [0.15, 0.2) is 0 Å². The van der Waals surface area contributed by atoms with Crippen molar-refractivity contribution in [2.24, 2.45) is 11.5 Å². The monoisotopic (exact) mass is 173 g/mol. The Hall–Kier alpha value is -0.910. The molecular formula is C7H15N3O2. The predicted molar refractivity (Wildman–Crippen MR) is 46.2 cm³/mol. The highest BCUT2D eigenvalue weighted by Gasteiger charge is 2.00. The van der Waals surface area contributed by atoms with Gasteiger partial charge in [-0.1, -0.05) is 12.7 Å². The molecule has 0 saturated carbocycles. The largest absolute Gasteiger partial charge is 0.461 e. The maximum atomic E-state index is 10.8. The molecule has 0 aliphatic rings. The summed E-state index contributed by atoms with van der Waals surface area (Å²) in [5.74, 6) is -0.337. The van der Waals surface area contributed by atoms with Crippen LogP contribution in [0.5, 0.6) is 0 Å². The maximum absolute atomic E-state index is 10.8. The summed E-state index contributed by atoms with van der Waals surface area (Å²) in [6.45, 7) is 4.15. The van der Waals surface area contributed by atoms with Crippen LogP contribution in [0, 0.1) is 0 Å². The van der Waals surface area contributed by atoms with Gasteiger partial charge in [0.2, 0.25) is 0 Å². The third-order valence-electron chi connectivity index (χ3n) is 1.01.